The van der Waals surface area contributed by atoms with Crippen LogP contribution in [0.3, 0.4) is 0 Å². The van der Waals surface area contributed by atoms with Crippen molar-refractivity contribution in [2.24, 2.45) is 0 Å². The molecule has 0 unspecified atom stereocenters. The van der Waals surface area contributed by atoms with E-state index in [9.17, 15) is 9.59 Å². The number of carboxylic acids is 1. The highest BCUT2D eigenvalue weighted by Crippen LogP contribution is 2.23. The quantitative estimate of drug-likeness (QED) is 0.891. The summed E-state index contributed by atoms with van der Waals surface area (Å²) < 4.78 is 0. The van der Waals surface area contributed by atoms with Crippen molar-refractivity contribution in [3.8, 4) is 0 Å². The Kier molecular flexibility index (Phi) is 4.94. The zero-order valence-electron chi connectivity index (χ0n) is 11.6. The van der Waals surface area contributed by atoms with E-state index in [4.69, 9.17) is 5.11 Å². The Hall–Kier alpha value is -2.34. The molecule has 5 nitrogen and oxygen atoms in total. The number of hydrogen-bond donors (Lipinski definition) is 2. The van der Waals surface area contributed by atoms with E-state index in [-0.39, 0.29) is 11.6 Å². The van der Waals surface area contributed by atoms with Gasteiger partial charge in [0, 0.05) is 13.6 Å². The van der Waals surface area contributed by atoms with Gasteiger partial charge in [0.1, 0.15) is 5.00 Å². The number of anilines is 1. The van der Waals surface area contributed by atoms with Gasteiger partial charge in [0.2, 0.25) is 0 Å². The van der Waals surface area contributed by atoms with E-state index >= 15 is 0 Å². The van der Waals surface area contributed by atoms with Crippen molar-refractivity contribution in [2.45, 2.75) is 6.42 Å². The summed E-state index contributed by atoms with van der Waals surface area (Å²) in [5.41, 5.74) is 1.27. The van der Waals surface area contributed by atoms with Crippen molar-refractivity contribution in [2.75, 3.05) is 18.9 Å². The van der Waals surface area contributed by atoms with Crippen LogP contribution in [0.1, 0.15) is 15.9 Å². The van der Waals surface area contributed by atoms with Crippen LogP contribution in [0.5, 0.6) is 0 Å². The molecule has 1 aromatic carbocycles. The molecule has 0 aliphatic heterocycles. The van der Waals surface area contributed by atoms with Crippen molar-refractivity contribution in [1.29, 1.82) is 0 Å². The number of urea groups is 1. The number of hydrogen-bond acceptors (Lipinski definition) is 3. The second-order valence-corrected chi connectivity index (χ2v) is 5.47. The third-order valence-electron chi connectivity index (χ3n) is 3.04. The van der Waals surface area contributed by atoms with E-state index in [1.165, 1.54) is 17.4 Å². The van der Waals surface area contributed by atoms with Gasteiger partial charge in [-0.15, -0.1) is 11.3 Å². The number of carbonyl (C=O) groups is 2. The highest BCUT2D eigenvalue weighted by atomic mass is 32.1. The van der Waals surface area contributed by atoms with Gasteiger partial charge in [-0.2, -0.15) is 0 Å². The topological polar surface area (TPSA) is 69.6 Å². The molecule has 1 heterocycles. The average molecular weight is 304 g/mol. The molecular weight excluding hydrogens is 288 g/mol. The third kappa shape index (κ3) is 4.06. The molecule has 2 amide bonds. The fourth-order valence-corrected chi connectivity index (χ4v) is 2.58. The lowest BCUT2D eigenvalue weighted by Gasteiger charge is -2.17. The molecule has 110 valence electrons. The van der Waals surface area contributed by atoms with Crippen molar-refractivity contribution in [3.05, 3.63) is 52.9 Å². The van der Waals surface area contributed by atoms with Gasteiger partial charge < -0.3 is 10.0 Å². The Bertz CT molecular complexity index is 625. The number of rotatable bonds is 5. The van der Waals surface area contributed by atoms with Gasteiger partial charge in [0.15, 0.2) is 0 Å². The molecule has 0 bridgehead atoms. The van der Waals surface area contributed by atoms with E-state index in [0.717, 1.165) is 12.0 Å². The number of thiophene rings is 1. The lowest BCUT2D eigenvalue weighted by molar-refractivity contribution is 0.0698. The van der Waals surface area contributed by atoms with Crippen LogP contribution in [0.2, 0.25) is 0 Å². The Morgan fingerprint density at radius 2 is 1.95 bits per heavy atom. The molecule has 0 saturated carbocycles. The lowest BCUT2D eigenvalue weighted by atomic mass is 10.1. The number of nitrogens with one attached hydrogen (secondary N) is 1. The fourth-order valence-electron chi connectivity index (χ4n) is 1.81. The zero-order chi connectivity index (χ0) is 15.2. The number of likely N-dealkylation sites (N-methyl/N-ethyl adjacent to an activating group) is 1. The molecule has 21 heavy (non-hydrogen) atoms. The van der Waals surface area contributed by atoms with Gasteiger partial charge >= 0.3 is 12.0 Å². The van der Waals surface area contributed by atoms with Crippen LogP contribution in [0.15, 0.2) is 41.8 Å². The third-order valence-corrected chi connectivity index (χ3v) is 3.87. The van der Waals surface area contributed by atoms with E-state index in [2.05, 4.69) is 5.32 Å². The molecule has 0 radical (unpaired) electrons. The van der Waals surface area contributed by atoms with Crippen LogP contribution in [0.25, 0.3) is 0 Å². The molecule has 2 rings (SSSR count). The molecule has 1 aromatic heterocycles. The number of carboxylic acid groups (broad SMARTS) is 1. The largest absolute Gasteiger partial charge is 0.478 e. The highest BCUT2D eigenvalue weighted by molar-refractivity contribution is 7.14. The molecule has 0 saturated heterocycles. The standard InChI is InChI=1S/C15H16N2O3S/c1-17(9-7-11-5-3-2-4-6-11)15(20)16-13-12(14(18)19)8-10-21-13/h2-6,8,10H,7,9H2,1H3,(H,16,20)(H,18,19). The summed E-state index contributed by atoms with van der Waals surface area (Å²) in [6.07, 6.45) is 0.751. The lowest BCUT2D eigenvalue weighted by Crippen LogP contribution is -2.33. The summed E-state index contributed by atoms with van der Waals surface area (Å²) in [7, 11) is 1.69. The number of benzene rings is 1. The molecule has 0 spiro atoms. The maximum atomic E-state index is 12.0. The summed E-state index contributed by atoms with van der Waals surface area (Å²) in [6, 6.07) is 11.0. The van der Waals surface area contributed by atoms with E-state index in [0.29, 0.717) is 11.5 Å². The number of nitrogens with zero attached hydrogens (tertiary/aromatic N) is 1. The molecule has 2 N–H and O–H groups in total. The summed E-state index contributed by atoms with van der Waals surface area (Å²) in [5, 5.41) is 13.6. The first-order valence-electron chi connectivity index (χ1n) is 6.44. The smallest absolute Gasteiger partial charge is 0.338 e. The van der Waals surface area contributed by atoms with Crippen LogP contribution in [0, 0.1) is 0 Å². The first-order valence-corrected chi connectivity index (χ1v) is 7.32. The second-order valence-electron chi connectivity index (χ2n) is 4.56. The summed E-state index contributed by atoms with van der Waals surface area (Å²) >= 11 is 1.20. The number of aromatic carboxylic acids is 1. The summed E-state index contributed by atoms with van der Waals surface area (Å²) in [6.45, 7) is 0.559. The van der Waals surface area contributed by atoms with Crippen LogP contribution >= 0.6 is 11.3 Å². The molecule has 0 fully saturated rings. The Labute approximate surface area is 126 Å². The Balaban J connectivity index is 1.90. The van der Waals surface area contributed by atoms with Gasteiger partial charge in [0.25, 0.3) is 0 Å². The Morgan fingerprint density at radius 3 is 2.62 bits per heavy atom. The number of carbonyl (C=O) groups excluding carboxylic acids is 1. The minimum atomic E-state index is -1.04. The molecule has 0 atom stereocenters. The minimum absolute atomic E-state index is 0.116. The number of amides is 2. The Morgan fingerprint density at radius 1 is 1.24 bits per heavy atom. The normalized spacial score (nSPS) is 10.1. The molecule has 6 heteroatoms. The maximum Gasteiger partial charge on any atom is 0.338 e. The van der Waals surface area contributed by atoms with Gasteiger partial charge in [-0.05, 0) is 23.4 Å². The first kappa shape index (κ1) is 15.1. The van der Waals surface area contributed by atoms with Crippen LogP contribution in [-0.4, -0.2) is 35.6 Å². The average Bonchev–Trinajstić information content (AvgIpc) is 2.94. The van der Waals surface area contributed by atoms with E-state index < -0.39 is 5.97 Å². The first-order chi connectivity index (χ1) is 10.1. The zero-order valence-corrected chi connectivity index (χ0v) is 12.4. The monoisotopic (exact) mass is 304 g/mol. The SMILES string of the molecule is CN(CCc1ccccc1)C(=O)Nc1sccc1C(=O)O. The van der Waals surface area contributed by atoms with Crippen molar-refractivity contribution < 1.29 is 14.7 Å². The van der Waals surface area contributed by atoms with Gasteiger partial charge in [0.05, 0.1) is 5.56 Å². The van der Waals surface area contributed by atoms with Gasteiger partial charge in [-0.25, -0.2) is 9.59 Å². The predicted molar refractivity (Wildman–Crippen MR) is 83.1 cm³/mol. The molecule has 2 aromatic rings. The second kappa shape index (κ2) is 6.90. The van der Waals surface area contributed by atoms with Crippen molar-refractivity contribution >= 4 is 28.3 Å². The van der Waals surface area contributed by atoms with Gasteiger partial charge in [-0.3, -0.25) is 5.32 Å². The van der Waals surface area contributed by atoms with Gasteiger partial charge in [-0.1, -0.05) is 30.3 Å². The molecule has 0 aliphatic rings. The maximum absolute atomic E-state index is 12.0. The summed E-state index contributed by atoms with van der Waals surface area (Å²) in [5.74, 6) is -1.04. The highest BCUT2D eigenvalue weighted by Gasteiger charge is 2.15. The van der Waals surface area contributed by atoms with E-state index in [1.807, 2.05) is 30.3 Å². The van der Waals surface area contributed by atoms with Crippen LogP contribution in [0.4, 0.5) is 9.80 Å². The van der Waals surface area contributed by atoms with Crippen molar-refractivity contribution in [1.82, 2.24) is 4.90 Å². The predicted octanol–water partition coefficient (Wildman–Crippen LogP) is 3.15. The van der Waals surface area contributed by atoms with Crippen molar-refractivity contribution in [3.63, 3.8) is 0 Å². The fraction of sp³-hybridized carbons (Fsp3) is 0.200. The minimum Gasteiger partial charge on any atom is -0.478 e. The van der Waals surface area contributed by atoms with Crippen LogP contribution < -0.4 is 5.32 Å². The van der Waals surface area contributed by atoms with E-state index in [1.54, 1.807) is 17.3 Å². The summed E-state index contributed by atoms with van der Waals surface area (Å²) in [4.78, 5) is 24.6. The molecule has 0 aliphatic carbocycles. The van der Waals surface area contributed by atoms with Crippen LogP contribution in [-0.2, 0) is 6.42 Å². The molecular formula is C15H16N2O3S.